The van der Waals surface area contributed by atoms with E-state index in [2.05, 4.69) is 10.3 Å². The van der Waals surface area contributed by atoms with Gasteiger partial charge < -0.3 is 14.9 Å². The van der Waals surface area contributed by atoms with Crippen LogP contribution in [0, 0.1) is 0 Å². The van der Waals surface area contributed by atoms with Gasteiger partial charge in [-0.15, -0.1) is 5.10 Å². The largest absolute Gasteiger partial charge is 0.383 e. The molecule has 0 radical (unpaired) electrons. The number of nitrogens with zero attached hydrogens (tertiary/aromatic N) is 5. The van der Waals surface area contributed by atoms with E-state index in [1.54, 1.807) is 10.9 Å². The molecule has 128 valence electrons. The van der Waals surface area contributed by atoms with Gasteiger partial charge in [0.05, 0.1) is 18.3 Å². The zero-order chi connectivity index (χ0) is 16.8. The van der Waals surface area contributed by atoms with Crippen LogP contribution in [0.2, 0.25) is 0 Å². The Bertz CT molecular complexity index is 574. The van der Waals surface area contributed by atoms with E-state index in [0.29, 0.717) is 6.42 Å². The van der Waals surface area contributed by atoms with E-state index in [-0.39, 0.29) is 38.0 Å². The summed E-state index contributed by atoms with van der Waals surface area (Å²) >= 11 is 0. The highest BCUT2D eigenvalue weighted by Crippen LogP contribution is 2.45. The van der Waals surface area contributed by atoms with Gasteiger partial charge in [0.25, 0.3) is 5.91 Å². The molecule has 2 atom stereocenters. The number of likely N-dealkylation sites (tertiary alicyclic amines) is 1. The van der Waals surface area contributed by atoms with Gasteiger partial charge in [-0.05, 0) is 33.4 Å². The maximum Gasteiger partial charge on any atom is 0.352 e. The Kier molecular flexibility index (Phi) is 3.88. The quantitative estimate of drug-likeness (QED) is 0.851. The molecule has 1 aliphatic carbocycles. The first kappa shape index (κ1) is 16.3. The maximum absolute atomic E-state index is 14.4. The first-order valence-corrected chi connectivity index (χ1v) is 7.68. The number of carbonyl (C=O) groups excluding carboxylic acids is 1. The zero-order valence-electron chi connectivity index (χ0n) is 13.2. The molecular weight excluding hydrogens is 308 g/mol. The Morgan fingerprint density at radius 3 is 2.57 bits per heavy atom. The fourth-order valence-electron chi connectivity index (χ4n) is 3.32. The number of aromatic nitrogens is 3. The number of aliphatic hydroxyl groups is 1. The van der Waals surface area contributed by atoms with Gasteiger partial charge in [0.15, 0.2) is 0 Å². The van der Waals surface area contributed by atoms with Gasteiger partial charge in [-0.25, -0.2) is 4.68 Å². The van der Waals surface area contributed by atoms with Crippen molar-refractivity contribution in [3.63, 3.8) is 0 Å². The molecule has 1 aromatic heterocycles. The molecule has 1 aromatic rings. The molecule has 2 aliphatic rings. The summed E-state index contributed by atoms with van der Waals surface area (Å²) in [5, 5.41) is 17.6. The molecule has 1 aliphatic heterocycles. The van der Waals surface area contributed by atoms with Gasteiger partial charge in [0.2, 0.25) is 0 Å². The van der Waals surface area contributed by atoms with Gasteiger partial charge in [0.1, 0.15) is 5.60 Å². The summed E-state index contributed by atoms with van der Waals surface area (Å²) in [4.78, 5) is 15.4. The molecule has 2 heterocycles. The molecule has 9 heteroatoms. The summed E-state index contributed by atoms with van der Waals surface area (Å²) in [7, 11) is 3.67. The van der Waals surface area contributed by atoms with Crippen LogP contribution in [0.4, 0.5) is 8.78 Å². The second-order valence-corrected chi connectivity index (χ2v) is 6.65. The molecule has 3 rings (SSSR count). The standard InChI is InChI=1S/C14H21F2N5O2/c1-19(2)10-8-20(9-11(10)21-7-6-17-18-21)12(22)14(15,16)13(23)4-3-5-13/h6-7,10-11,23H,3-5,8-9H2,1-2H3/t10-,11+/m1/s1. The number of carbonyl (C=O) groups is 1. The first-order valence-electron chi connectivity index (χ1n) is 7.68. The van der Waals surface area contributed by atoms with Gasteiger partial charge in [-0.1, -0.05) is 5.21 Å². The second-order valence-electron chi connectivity index (χ2n) is 6.65. The van der Waals surface area contributed by atoms with E-state index in [0.717, 1.165) is 4.90 Å². The molecular formula is C14H21F2N5O2. The molecule has 0 spiro atoms. The van der Waals surface area contributed by atoms with Crippen LogP contribution in [-0.2, 0) is 4.79 Å². The summed E-state index contributed by atoms with van der Waals surface area (Å²) in [6.07, 6.45) is 3.61. The summed E-state index contributed by atoms with van der Waals surface area (Å²) < 4.78 is 30.4. The third-order valence-corrected chi connectivity index (χ3v) is 5.02. The topological polar surface area (TPSA) is 74.5 Å². The van der Waals surface area contributed by atoms with E-state index < -0.39 is 17.4 Å². The second kappa shape index (κ2) is 5.48. The van der Waals surface area contributed by atoms with Crippen molar-refractivity contribution in [3.8, 4) is 0 Å². The van der Waals surface area contributed by atoms with Crippen molar-refractivity contribution in [1.82, 2.24) is 24.8 Å². The van der Waals surface area contributed by atoms with Crippen LogP contribution in [0.25, 0.3) is 0 Å². The predicted molar refractivity (Wildman–Crippen MR) is 76.9 cm³/mol. The molecule has 1 N–H and O–H groups in total. The van der Waals surface area contributed by atoms with Gasteiger partial charge in [0, 0.05) is 19.3 Å². The molecule has 0 bridgehead atoms. The van der Waals surface area contributed by atoms with Crippen molar-refractivity contribution in [2.24, 2.45) is 0 Å². The minimum absolute atomic E-state index is 0.0385. The molecule has 2 fully saturated rings. The lowest BCUT2D eigenvalue weighted by Gasteiger charge is -2.42. The number of alkyl halides is 2. The van der Waals surface area contributed by atoms with E-state index in [1.807, 2.05) is 19.0 Å². The Morgan fingerprint density at radius 2 is 2.09 bits per heavy atom. The van der Waals surface area contributed by atoms with Gasteiger partial charge >= 0.3 is 5.92 Å². The maximum atomic E-state index is 14.4. The number of amides is 1. The number of likely N-dealkylation sites (N-methyl/N-ethyl adjacent to an activating group) is 1. The fourth-order valence-corrected chi connectivity index (χ4v) is 3.32. The zero-order valence-corrected chi connectivity index (χ0v) is 13.2. The Labute approximate surface area is 132 Å². The SMILES string of the molecule is CN(C)[C@@H]1CN(C(=O)C(F)(F)C2(O)CCC2)C[C@@H]1n1ccnn1. The minimum Gasteiger partial charge on any atom is -0.383 e. The lowest BCUT2D eigenvalue weighted by Crippen LogP contribution is -2.61. The van der Waals surface area contributed by atoms with E-state index >= 15 is 0 Å². The molecule has 7 nitrogen and oxygen atoms in total. The molecule has 1 amide bonds. The number of halogens is 2. The normalized spacial score (nSPS) is 27.3. The van der Waals surface area contributed by atoms with Gasteiger partial charge in [-0.3, -0.25) is 4.79 Å². The third-order valence-electron chi connectivity index (χ3n) is 5.02. The Hall–Kier alpha value is -1.61. The van der Waals surface area contributed by atoms with E-state index in [9.17, 15) is 18.7 Å². The van der Waals surface area contributed by atoms with Gasteiger partial charge in [-0.2, -0.15) is 8.78 Å². The highest BCUT2D eigenvalue weighted by molar-refractivity contribution is 5.85. The highest BCUT2D eigenvalue weighted by Gasteiger charge is 2.63. The summed E-state index contributed by atoms with van der Waals surface area (Å²) in [5.74, 6) is -5.05. The van der Waals surface area contributed by atoms with Crippen molar-refractivity contribution in [2.75, 3.05) is 27.2 Å². The van der Waals surface area contributed by atoms with Crippen molar-refractivity contribution in [1.29, 1.82) is 0 Å². The van der Waals surface area contributed by atoms with Crippen LogP contribution in [0.3, 0.4) is 0 Å². The summed E-state index contributed by atoms with van der Waals surface area (Å²) in [6.45, 7) is 0.290. The van der Waals surface area contributed by atoms with Crippen molar-refractivity contribution >= 4 is 5.91 Å². The average Bonchev–Trinajstić information content (AvgIpc) is 3.11. The Balaban J connectivity index is 1.80. The Morgan fingerprint density at radius 1 is 1.39 bits per heavy atom. The smallest absolute Gasteiger partial charge is 0.352 e. The summed E-state index contributed by atoms with van der Waals surface area (Å²) in [5.41, 5.74) is -2.19. The van der Waals surface area contributed by atoms with Crippen molar-refractivity contribution in [2.45, 2.75) is 42.9 Å². The molecule has 1 saturated carbocycles. The number of rotatable bonds is 4. The molecule has 1 saturated heterocycles. The lowest BCUT2D eigenvalue weighted by molar-refractivity contribution is -0.222. The summed E-state index contributed by atoms with van der Waals surface area (Å²) in [6, 6.07) is -0.393. The van der Waals surface area contributed by atoms with Crippen LogP contribution >= 0.6 is 0 Å². The fraction of sp³-hybridized carbons (Fsp3) is 0.786. The van der Waals surface area contributed by atoms with Crippen LogP contribution in [0.5, 0.6) is 0 Å². The van der Waals surface area contributed by atoms with Crippen molar-refractivity contribution < 1.29 is 18.7 Å². The predicted octanol–water partition coefficient (Wildman–Crippen LogP) is 0.142. The average molecular weight is 329 g/mol. The van der Waals surface area contributed by atoms with E-state index in [4.69, 9.17) is 0 Å². The molecule has 0 unspecified atom stereocenters. The van der Waals surface area contributed by atoms with Crippen LogP contribution in [-0.4, -0.2) is 80.6 Å². The molecule has 0 aromatic carbocycles. The highest BCUT2D eigenvalue weighted by atomic mass is 19.3. The lowest BCUT2D eigenvalue weighted by atomic mass is 9.75. The van der Waals surface area contributed by atoms with Crippen LogP contribution < -0.4 is 0 Å². The minimum atomic E-state index is -3.75. The van der Waals surface area contributed by atoms with E-state index in [1.165, 1.54) is 6.20 Å². The van der Waals surface area contributed by atoms with Crippen LogP contribution in [0.15, 0.2) is 12.4 Å². The van der Waals surface area contributed by atoms with Crippen molar-refractivity contribution in [3.05, 3.63) is 12.4 Å². The van der Waals surface area contributed by atoms with Crippen LogP contribution in [0.1, 0.15) is 25.3 Å². The number of hydrogen-bond acceptors (Lipinski definition) is 5. The molecule has 23 heavy (non-hydrogen) atoms. The number of hydrogen-bond donors (Lipinski definition) is 1. The first-order chi connectivity index (χ1) is 10.8. The third kappa shape index (κ3) is 2.51. The monoisotopic (exact) mass is 329 g/mol.